The molecule has 4 aromatic rings. The summed E-state index contributed by atoms with van der Waals surface area (Å²) in [6.45, 7) is 7.13. The molecular formula is C20H12FN5O3S. The number of hydrogen-bond donors (Lipinski definition) is 3. The molecule has 0 saturated heterocycles. The topological polar surface area (TPSA) is 101 Å². The molecule has 10 heteroatoms. The Labute approximate surface area is 173 Å². The van der Waals surface area contributed by atoms with Gasteiger partial charge in [0, 0.05) is 29.2 Å². The Kier molecular flexibility index (Phi) is 5.11. The van der Waals surface area contributed by atoms with Crippen LogP contribution in [0.25, 0.3) is 15.7 Å². The van der Waals surface area contributed by atoms with Gasteiger partial charge in [-0.15, -0.1) is 11.3 Å². The molecule has 0 radical (unpaired) electrons. The van der Waals surface area contributed by atoms with E-state index in [1.54, 1.807) is 11.4 Å². The highest BCUT2D eigenvalue weighted by atomic mass is 32.1. The van der Waals surface area contributed by atoms with E-state index in [-0.39, 0.29) is 22.9 Å². The number of halogens is 1. The number of rotatable bonds is 4. The fraction of sp³-hybridized carbons (Fsp3) is 0. The van der Waals surface area contributed by atoms with Crippen LogP contribution in [0.15, 0.2) is 54.2 Å². The van der Waals surface area contributed by atoms with E-state index >= 15 is 0 Å². The fourth-order valence-electron chi connectivity index (χ4n) is 2.65. The van der Waals surface area contributed by atoms with Gasteiger partial charge >= 0.3 is 6.03 Å². The van der Waals surface area contributed by atoms with E-state index in [9.17, 15) is 14.3 Å². The minimum atomic E-state index is -0.695. The summed E-state index contributed by atoms with van der Waals surface area (Å²) < 4.78 is 20.2. The third kappa shape index (κ3) is 3.96. The molecule has 0 saturated carbocycles. The second-order valence-corrected chi connectivity index (χ2v) is 6.83. The third-order valence-corrected chi connectivity index (χ3v) is 4.68. The molecule has 0 aliphatic rings. The minimum Gasteiger partial charge on any atom is -0.519 e. The normalized spacial score (nSPS) is 10.4. The lowest BCUT2D eigenvalue weighted by atomic mass is 10.1. The van der Waals surface area contributed by atoms with E-state index in [1.807, 2.05) is 0 Å². The van der Waals surface area contributed by atoms with Crippen molar-refractivity contribution in [3.8, 4) is 17.2 Å². The summed E-state index contributed by atoms with van der Waals surface area (Å²) in [4.78, 5) is 23.2. The average Bonchev–Trinajstić information content (AvgIpc) is 3.22. The molecule has 0 bridgehead atoms. The highest BCUT2D eigenvalue weighted by Gasteiger charge is 2.12. The summed E-state index contributed by atoms with van der Waals surface area (Å²) in [6, 6.07) is 7.75. The number of benzene rings is 2. The summed E-state index contributed by atoms with van der Waals surface area (Å²) in [5.41, 5.74) is 0.448. The van der Waals surface area contributed by atoms with Crippen molar-refractivity contribution in [1.82, 2.24) is 9.97 Å². The molecule has 3 N–H and O–H groups in total. The molecule has 0 spiro atoms. The number of pyridine rings is 1. The van der Waals surface area contributed by atoms with Crippen LogP contribution in [0.5, 0.6) is 17.2 Å². The number of urea groups is 1. The summed E-state index contributed by atoms with van der Waals surface area (Å²) in [7, 11) is 0. The first kappa shape index (κ1) is 19.1. The second-order valence-electron chi connectivity index (χ2n) is 5.94. The summed E-state index contributed by atoms with van der Waals surface area (Å²) >= 11 is 1.24. The molecule has 0 fully saturated rings. The maximum atomic E-state index is 14.5. The number of hydrogen-bond acceptors (Lipinski definition) is 6. The van der Waals surface area contributed by atoms with Crippen LogP contribution in [-0.4, -0.2) is 21.1 Å². The van der Waals surface area contributed by atoms with Gasteiger partial charge < -0.3 is 15.2 Å². The zero-order valence-corrected chi connectivity index (χ0v) is 15.9. The zero-order chi connectivity index (χ0) is 21.1. The van der Waals surface area contributed by atoms with Gasteiger partial charge in [0.2, 0.25) is 5.69 Å². The number of aromatic hydroxyl groups is 1. The fourth-order valence-corrected chi connectivity index (χ4v) is 3.17. The molecule has 0 unspecified atom stereocenters. The SMILES string of the molecule is [C-]#[N+]c1cc2c(Oc3ccc(NC(=O)Nc4nccs4)c(F)c3)ccnc2cc1O. The van der Waals surface area contributed by atoms with Crippen molar-refractivity contribution in [2.24, 2.45) is 0 Å². The van der Waals surface area contributed by atoms with Gasteiger partial charge in [-0.2, -0.15) is 0 Å². The van der Waals surface area contributed by atoms with Crippen LogP contribution < -0.4 is 15.4 Å². The van der Waals surface area contributed by atoms with E-state index < -0.39 is 11.8 Å². The van der Waals surface area contributed by atoms with E-state index in [4.69, 9.17) is 11.3 Å². The number of anilines is 2. The molecule has 2 heterocycles. The van der Waals surface area contributed by atoms with Crippen molar-refractivity contribution in [3.63, 3.8) is 0 Å². The lowest BCUT2D eigenvalue weighted by Crippen LogP contribution is -2.19. The Morgan fingerprint density at radius 3 is 2.77 bits per heavy atom. The lowest BCUT2D eigenvalue weighted by Gasteiger charge is -2.11. The number of nitrogens with one attached hydrogen (secondary N) is 2. The maximum Gasteiger partial charge on any atom is 0.325 e. The smallest absolute Gasteiger partial charge is 0.325 e. The van der Waals surface area contributed by atoms with Gasteiger partial charge in [0.05, 0.1) is 17.8 Å². The van der Waals surface area contributed by atoms with Crippen molar-refractivity contribution in [1.29, 1.82) is 0 Å². The van der Waals surface area contributed by atoms with Gasteiger partial charge in [0.25, 0.3) is 0 Å². The van der Waals surface area contributed by atoms with E-state index in [0.29, 0.717) is 21.8 Å². The second kappa shape index (κ2) is 8.02. The van der Waals surface area contributed by atoms with Crippen LogP contribution >= 0.6 is 11.3 Å². The molecule has 30 heavy (non-hydrogen) atoms. The number of carbonyl (C=O) groups is 1. The Hall–Kier alpha value is -4.23. The van der Waals surface area contributed by atoms with Crippen molar-refractivity contribution in [2.75, 3.05) is 10.6 Å². The molecule has 0 aliphatic carbocycles. The number of thiazole rings is 1. The number of aromatic nitrogens is 2. The third-order valence-electron chi connectivity index (χ3n) is 3.99. The highest BCUT2D eigenvalue weighted by molar-refractivity contribution is 7.13. The van der Waals surface area contributed by atoms with Gasteiger partial charge in [0.1, 0.15) is 23.1 Å². The Bertz CT molecular complexity index is 1290. The Morgan fingerprint density at radius 1 is 1.17 bits per heavy atom. The highest BCUT2D eigenvalue weighted by Crippen LogP contribution is 2.37. The molecule has 0 aliphatic heterocycles. The molecule has 148 valence electrons. The van der Waals surface area contributed by atoms with Gasteiger partial charge in [-0.25, -0.2) is 19.0 Å². The lowest BCUT2D eigenvalue weighted by molar-refractivity contribution is 0.262. The average molecular weight is 421 g/mol. The van der Waals surface area contributed by atoms with Crippen molar-refractivity contribution >= 4 is 44.8 Å². The number of carbonyl (C=O) groups excluding carboxylic acids is 1. The minimum absolute atomic E-state index is 0.0313. The first-order valence-electron chi connectivity index (χ1n) is 8.47. The summed E-state index contributed by atoms with van der Waals surface area (Å²) in [5, 5.41) is 17.3. The Morgan fingerprint density at radius 2 is 2.03 bits per heavy atom. The van der Waals surface area contributed by atoms with Crippen LogP contribution in [0.1, 0.15) is 0 Å². The first-order valence-corrected chi connectivity index (χ1v) is 9.35. The predicted octanol–water partition coefficient (Wildman–Crippen LogP) is 5.52. The van der Waals surface area contributed by atoms with Crippen molar-refractivity contribution in [3.05, 3.63) is 71.4 Å². The van der Waals surface area contributed by atoms with Crippen LogP contribution in [0, 0.1) is 12.4 Å². The van der Waals surface area contributed by atoms with E-state index in [0.717, 1.165) is 6.07 Å². The molecule has 2 amide bonds. The number of phenolic OH excluding ortho intramolecular Hbond substituents is 1. The van der Waals surface area contributed by atoms with Gasteiger partial charge in [-0.1, -0.05) is 0 Å². The molecule has 8 nitrogen and oxygen atoms in total. The predicted molar refractivity (Wildman–Crippen MR) is 111 cm³/mol. The Balaban J connectivity index is 1.55. The van der Waals surface area contributed by atoms with E-state index in [2.05, 4.69) is 25.4 Å². The number of nitrogens with zero attached hydrogens (tertiary/aromatic N) is 3. The molecular weight excluding hydrogens is 409 g/mol. The van der Waals surface area contributed by atoms with Crippen LogP contribution in [-0.2, 0) is 0 Å². The van der Waals surface area contributed by atoms with Crippen LogP contribution in [0.2, 0.25) is 0 Å². The molecule has 4 rings (SSSR count). The number of phenols is 1. The largest absolute Gasteiger partial charge is 0.519 e. The quantitative estimate of drug-likeness (QED) is 0.377. The van der Waals surface area contributed by atoms with E-state index in [1.165, 1.54) is 48.0 Å². The van der Waals surface area contributed by atoms with Crippen LogP contribution in [0.3, 0.4) is 0 Å². The maximum absolute atomic E-state index is 14.5. The number of amides is 2. The standard InChI is InChI=1S/C20H12FN5O3S/c1-22-16-9-12-15(10-17(16)27)23-5-4-18(12)29-11-2-3-14(13(21)8-11)25-19(28)26-20-24-6-7-30-20/h2-10,27H,(H2,24,25,26,28). The molecule has 2 aromatic heterocycles. The molecule has 2 aromatic carbocycles. The van der Waals surface area contributed by atoms with Crippen LogP contribution in [0.4, 0.5) is 25.7 Å². The number of fused-ring (bicyclic) bond motifs is 1. The summed E-state index contributed by atoms with van der Waals surface area (Å²) in [5.74, 6) is -0.353. The van der Waals surface area contributed by atoms with Gasteiger partial charge in [0.15, 0.2) is 5.13 Å². The summed E-state index contributed by atoms with van der Waals surface area (Å²) in [6.07, 6.45) is 3.02. The monoisotopic (exact) mass is 421 g/mol. The number of ether oxygens (including phenoxy) is 1. The van der Waals surface area contributed by atoms with Crippen molar-refractivity contribution < 1.29 is 19.0 Å². The van der Waals surface area contributed by atoms with Gasteiger partial charge in [-0.05, 0) is 30.3 Å². The molecule has 0 atom stereocenters. The van der Waals surface area contributed by atoms with Crippen molar-refractivity contribution in [2.45, 2.75) is 0 Å². The first-order chi connectivity index (χ1) is 14.5. The van der Waals surface area contributed by atoms with Gasteiger partial charge in [-0.3, -0.25) is 10.3 Å². The zero-order valence-electron chi connectivity index (χ0n) is 15.1.